The van der Waals surface area contributed by atoms with E-state index >= 15 is 0 Å². The zero-order valence-electron chi connectivity index (χ0n) is 61.8. The number of alkyl halides is 15. The summed E-state index contributed by atoms with van der Waals surface area (Å²) in [6, 6.07) is 37.6. The predicted octanol–water partition coefficient (Wildman–Crippen LogP) is 26.8. The number of hydrogen-bond acceptors (Lipinski definition) is 17. The van der Waals surface area contributed by atoms with Crippen LogP contribution in [-0.2, 0) is 80.0 Å². The SMILES string of the molecule is C.C.C=Cc1ccc2c(c1)C1(C=C2O)C=C(O)c2ccc(C=C)cc21.Cc1ccc2c(c1)C1(C=C2O)C=C(O)c2ccc(OS(=O)(=O)C(F)(F)F)cc21.Cc1ccc2c(c1)C1(C=C2O)C=C(O)c2ccc(OS(=O)(=O)C(F)(F)F)cc21.Cc1ccc2c(c1)C1(CC2=O)CC(=O)c2ccc(OS(=O)(=O)C(F)(F)F)cc21.IC(I)I.IC(I)I.[CH2-]I.[I][V][I].[V]. The van der Waals surface area contributed by atoms with Gasteiger partial charge in [-0.25, -0.2) is 0 Å². The van der Waals surface area contributed by atoms with Gasteiger partial charge in [-0.05, 0) is 180 Å². The third-order valence-electron chi connectivity index (χ3n) is 19.6. The molecule has 8 aliphatic rings. The van der Waals surface area contributed by atoms with Crippen LogP contribution in [0.2, 0.25) is 0 Å². The number of aryl methyl sites for hydroxylation is 3. The topological polar surface area (TPSA) is 286 Å². The van der Waals surface area contributed by atoms with E-state index in [1.165, 1.54) is 42.5 Å². The van der Waals surface area contributed by atoms with Crippen LogP contribution in [0, 0.1) is 25.7 Å². The fraction of sp³-hybridized carbons (Fsp3) is 0.193. The molecular formula is C83H67F9I9O17S3V2-. The zero-order valence-corrected chi connectivity index (χ0v) is 86.4. The Morgan fingerprint density at radius 2 is 0.577 bits per heavy atom. The number of carbonyl (C=O) groups excluding carboxylic acids is 2. The summed E-state index contributed by atoms with van der Waals surface area (Å²) in [6.45, 7) is 13.1. The first-order chi connectivity index (χ1) is 55.8. The molecule has 6 N–H and O–H groups in total. The van der Waals surface area contributed by atoms with Gasteiger partial charge in [0, 0.05) is 81.3 Å². The van der Waals surface area contributed by atoms with Crippen molar-refractivity contribution in [3.8, 4) is 17.2 Å². The van der Waals surface area contributed by atoms with Gasteiger partial charge in [-0.3, -0.25) is 14.5 Å². The van der Waals surface area contributed by atoms with E-state index in [0.29, 0.717) is 70.7 Å². The molecular weight excluding hydrogens is 2780 g/mol. The molecule has 8 aliphatic carbocycles. The number of halogens is 18. The Hall–Kier alpha value is -3.82. The molecule has 0 aliphatic heterocycles. The van der Waals surface area contributed by atoms with Crippen molar-refractivity contribution in [1.29, 1.82) is 0 Å². The summed E-state index contributed by atoms with van der Waals surface area (Å²) >= 11 is 20.5. The number of carbonyl (C=O) groups is 2. The monoisotopic (exact) mass is 2850 g/mol. The first-order valence-corrected chi connectivity index (χ1v) is 56.0. The molecule has 40 heteroatoms. The summed E-state index contributed by atoms with van der Waals surface area (Å²) in [7, 11) is -16.9. The third kappa shape index (κ3) is 22.5. The minimum Gasteiger partial charge on any atom is 0 e. The van der Waals surface area contributed by atoms with Crippen molar-refractivity contribution in [3.05, 3.63) is 317 Å². The van der Waals surface area contributed by atoms with E-state index in [0.717, 1.165) is 86.3 Å². The molecule has 8 aromatic carbocycles. The van der Waals surface area contributed by atoms with Crippen molar-refractivity contribution in [2.75, 3.05) is 0 Å². The average Bonchev–Trinajstić information content (AvgIpc) is 1.57. The first kappa shape index (κ1) is 108. The van der Waals surface area contributed by atoms with Crippen molar-refractivity contribution in [2.45, 2.75) is 86.5 Å². The van der Waals surface area contributed by atoms with Gasteiger partial charge in [0.25, 0.3) is 0 Å². The zero-order chi connectivity index (χ0) is 89.5. The van der Waals surface area contributed by atoms with Crippen molar-refractivity contribution >= 4 is 287 Å². The maximum Gasteiger partial charge on any atom is 0 e. The van der Waals surface area contributed by atoms with Gasteiger partial charge >= 0.3 is 96.3 Å². The normalized spacial score (nSPS) is 18.0. The maximum atomic E-state index is 12.6. The molecule has 0 amide bonds. The molecule has 0 heterocycles. The molecule has 1 radical (unpaired) electrons. The molecule has 0 saturated heterocycles. The predicted molar refractivity (Wildman–Crippen MR) is 530 cm³/mol. The van der Waals surface area contributed by atoms with Crippen LogP contribution in [0.5, 0.6) is 17.2 Å². The minimum atomic E-state index is -5.85. The average molecular weight is 2850 g/mol. The minimum absolute atomic E-state index is 0. The Labute approximate surface area is 841 Å². The molecule has 16 rings (SSSR count). The van der Waals surface area contributed by atoms with Gasteiger partial charge in [-0.2, -0.15) is 64.8 Å². The molecule has 123 heavy (non-hydrogen) atoms. The number of aliphatic hydroxyl groups excluding tert-OH is 6. The van der Waals surface area contributed by atoms with Crippen molar-refractivity contribution < 1.29 is 146 Å². The van der Waals surface area contributed by atoms with Gasteiger partial charge in [-0.1, -0.05) is 271 Å². The van der Waals surface area contributed by atoms with Crippen LogP contribution in [0.4, 0.5) is 39.5 Å². The van der Waals surface area contributed by atoms with Crippen LogP contribution in [0.1, 0.15) is 154 Å². The number of Topliss-reactive ketones (excluding diaryl/α,β-unsaturated/α-hetero) is 2. The van der Waals surface area contributed by atoms with Crippen LogP contribution in [0.25, 0.3) is 46.7 Å². The number of fused-ring (bicyclic) bond motifs is 16. The molecule has 4 spiro atoms. The van der Waals surface area contributed by atoms with Crippen LogP contribution < -0.4 is 12.5 Å². The smallest absolute Gasteiger partial charge is 0 e. The second-order valence-electron chi connectivity index (χ2n) is 26.9. The Morgan fingerprint density at radius 3 is 0.829 bits per heavy atom. The van der Waals surface area contributed by atoms with E-state index in [2.05, 4.69) is 206 Å². The fourth-order valence-electron chi connectivity index (χ4n) is 14.9. The van der Waals surface area contributed by atoms with Gasteiger partial charge in [0.05, 0.1) is 16.2 Å². The first-order valence-electron chi connectivity index (χ1n) is 33.8. The molecule has 3 unspecified atom stereocenters. The number of benzene rings is 8. The van der Waals surface area contributed by atoms with Crippen LogP contribution in [-0.4, -0.2) is 83.9 Å². The largest absolute Gasteiger partial charge is 0 e. The summed E-state index contributed by atoms with van der Waals surface area (Å²) in [6.07, 6.45) is 13.0. The molecule has 0 saturated carbocycles. The van der Waals surface area contributed by atoms with E-state index < -0.39 is 85.8 Å². The summed E-state index contributed by atoms with van der Waals surface area (Å²) in [4.78, 5) is 28.3. The maximum absolute atomic E-state index is 12.6. The van der Waals surface area contributed by atoms with Crippen molar-refractivity contribution in [3.63, 3.8) is 0 Å². The number of ketones is 2. The number of hydrogen-bond donors (Lipinski definition) is 6. The molecule has 3 atom stereocenters. The fourth-order valence-corrected chi connectivity index (χ4v) is 16.2. The number of aliphatic hydroxyl groups is 6. The van der Waals surface area contributed by atoms with Crippen molar-refractivity contribution in [1.82, 2.24) is 0 Å². The van der Waals surface area contributed by atoms with E-state index in [-0.39, 0.29) is 97.9 Å². The second-order valence-corrected chi connectivity index (χ2v) is 65.0. The standard InChI is InChI=1S/C21H16O2.3C19H13F3O5S.2CHI3.CH2I.2CH4.2HI.2V/c1-3-13-5-7-15-17(9-13)21(11-19(15)22)12-20(23)16-8-6-14(4-2)10-18(16)21;3*1-10-2-4-12-14(6-10)18(8-16(12)23)9-17(24)13-5-3-11(7-15(13)18)27-28(25,26)19(20,21)22;2*2-1(3)4;1-2;;;;;;/h3-12,22-23H,1-2H2;2-7H,8-9H2,1H3;2*2-9,23-24H,1H3;2*1H;1H2;2*1H4;2*1H;;/q;;;;;;-1;;;;;;+2/p-2. The quantitative estimate of drug-likeness (QED) is 0.0206. The number of rotatable bonds is 8. The summed E-state index contributed by atoms with van der Waals surface area (Å²) in [5.41, 5.74) is -7.52. The van der Waals surface area contributed by atoms with Crippen molar-refractivity contribution in [2.24, 2.45) is 0 Å². The Bertz CT molecular complexity index is 5770. The third-order valence-corrected chi connectivity index (χ3v) is 22.5. The van der Waals surface area contributed by atoms with E-state index in [4.69, 9.17) is 0 Å². The van der Waals surface area contributed by atoms with Crippen LogP contribution in [0.15, 0.2) is 195 Å². The summed E-state index contributed by atoms with van der Waals surface area (Å²) in [5.74, 6) is -2.02. The van der Waals surface area contributed by atoms with Gasteiger partial charge in [0.15, 0.2) is 11.6 Å². The summed E-state index contributed by atoms with van der Waals surface area (Å²) < 4.78 is 196. The van der Waals surface area contributed by atoms with Gasteiger partial charge in [0.1, 0.15) is 51.7 Å². The van der Waals surface area contributed by atoms with Gasteiger partial charge < -0.3 is 65.8 Å². The van der Waals surface area contributed by atoms with Gasteiger partial charge in [-0.15, -0.1) is 0 Å². The van der Waals surface area contributed by atoms with E-state index in [1.54, 1.807) is 78.9 Å². The molecule has 8 aromatic rings. The number of allylic oxidation sites excluding steroid dienone is 6. The van der Waals surface area contributed by atoms with E-state index in [1.807, 2.05) is 79.8 Å². The molecule has 0 bridgehead atoms. The van der Waals surface area contributed by atoms with Crippen LogP contribution in [0.3, 0.4) is 0 Å². The summed E-state index contributed by atoms with van der Waals surface area (Å²) in [5, 5.41) is 62.2. The molecule has 0 fully saturated rings. The molecule has 656 valence electrons. The molecule has 17 nitrogen and oxygen atoms in total. The Balaban J connectivity index is 0.000000240. The van der Waals surface area contributed by atoms with E-state index in [9.17, 15) is 105 Å². The van der Waals surface area contributed by atoms with Crippen LogP contribution >= 0.6 is 198 Å². The Morgan fingerprint density at radius 1 is 0.382 bits per heavy atom. The van der Waals surface area contributed by atoms with Gasteiger partial charge in [0.2, 0.25) is 0 Å². The Kier molecular flexibility index (Phi) is 37.0. The second kappa shape index (κ2) is 42.2. The molecule has 0 aromatic heterocycles.